The van der Waals surface area contributed by atoms with Gasteiger partial charge in [-0.1, -0.05) is 18.2 Å². The van der Waals surface area contributed by atoms with Crippen LogP contribution < -0.4 is 15.6 Å². The van der Waals surface area contributed by atoms with Crippen LogP contribution in [0.2, 0.25) is 0 Å². The van der Waals surface area contributed by atoms with Crippen LogP contribution in [0.3, 0.4) is 0 Å². The molecule has 1 amide bonds. The summed E-state index contributed by atoms with van der Waals surface area (Å²) in [5.41, 5.74) is -0.449. The minimum atomic E-state index is -4.50. The number of hydrogen-bond donors (Lipinski definition) is 1. The number of para-hydroxylation sites is 1. The number of anilines is 1. The Morgan fingerprint density at radius 2 is 1.86 bits per heavy atom. The van der Waals surface area contributed by atoms with Crippen LogP contribution in [0.5, 0.6) is 5.75 Å². The van der Waals surface area contributed by atoms with E-state index in [-0.39, 0.29) is 17.0 Å². The zero-order valence-corrected chi connectivity index (χ0v) is 14.9. The molecule has 0 atom stereocenters. The summed E-state index contributed by atoms with van der Waals surface area (Å²) < 4.78 is 45.3. The van der Waals surface area contributed by atoms with Crippen molar-refractivity contribution in [1.82, 2.24) is 4.57 Å². The van der Waals surface area contributed by atoms with Gasteiger partial charge in [0.1, 0.15) is 5.75 Å². The first-order valence-corrected chi connectivity index (χ1v) is 8.52. The van der Waals surface area contributed by atoms with E-state index in [1.165, 1.54) is 18.2 Å². The number of fused-ring (bicyclic) bond motifs is 1. The first kappa shape index (κ1) is 19.5. The smallest absolute Gasteiger partial charge is 0.416 e. The van der Waals surface area contributed by atoms with Crippen molar-refractivity contribution in [2.45, 2.75) is 19.6 Å². The maximum absolute atomic E-state index is 12.8. The standard InChI is InChI=1S/C20H17F3N2O3/c1-2-25-16-9-4-3-8-15(16)17(11-19(25)27)28-12-18(26)24-14-7-5-6-13(10-14)20(21,22)23/h3-11H,2,12H2,1H3,(H,24,26). The highest BCUT2D eigenvalue weighted by atomic mass is 19.4. The molecule has 1 aromatic heterocycles. The lowest BCUT2D eigenvalue weighted by Gasteiger charge is -2.13. The summed E-state index contributed by atoms with van der Waals surface area (Å²) in [6.07, 6.45) is -4.50. The quantitative estimate of drug-likeness (QED) is 0.715. The second-order valence-electron chi connectivity index (χ2n) is 6.02. The highest BCUT2D eigenvalue weighted by Gasteiger charge is 2.30. The van der Waals surface area contributed by atoms with Gasteiger partial charge < -0.3 is 14.6 Å². The van der Waals surface area contributed by atoms with Crippen molar-refractivity contribution in [1.29, 1.82) is 0 Å². The van der Waals surface area contributed by atoms with Gasteiger partial charge in [-0.2, -0.15) is 13.2 Å². The number of nitrogens with zero attached hydrogens (tertiary/aromatic N) is 1. The van der Waals surface area contributed by atoms with Gasteiger partial charge in [0.25, 0.3) is 11.5 Å². The third kappa shape index (κ3) is 4.16. The van der Waals surface area contributed by atoms with Gasteiger partial charge in [0.15, 0.2) is 6.61 Å². The summed E-state index contributed by atoms with van der Waals surface area (Å²) in [4.78, 5) is 24.3. The van der Waals surface area contributed by atoms with Crippen LogP contribution >= 0.6 is 0 Å². The van der Waals surface area contributed by atoms with E-state index in [2.05, 4.69) is 5.32 Å². The normalized spacial score (nSPS) is 11.4. The SMILES string of the molecule is CCn1c(=O)cc(OCC(=O)Nc2cccc(C(F)(F)F)c2)c2ccccc21. The molecule has 146 valence electrons. The molecular weight excluding hydrogens is 373 g/mol. The number of ether oxygens (including phenoxy) is 1. The van der Waals surface area contributed by atoms with Gasteiger partial charge in [-0.15, -0.1) is 0 Å². The summed E-state index contributed by atoms with van der Waals surface area (Å²) >= 11 is 0. The van der Waals surface area contributed by atoms with E-state index < -0.39 is 24.3 Å². The number of halogens is 3. The van der Waals surface area contributed by atoms with Crippen LogP contribution in [0.1, 0.15) is 12.5 Å². The molecule has 0 unspecified atom stereocenters. The topological polar surface area (TPSA) is 60.3 Å². The Morgan fingerprint density at radius 1 is 1.11 bits per heavy atom. The molecule has 28 heavy (non-hydrogen) atoms. The first-order valence-electron chi connectivity index (χ1n) is 8.52. The van der Waals surface area contributed by atoms with Crippen LogP contribution in [0.4, 0.5) is 18.9 Å². The van der Waals surface area contributed by atoms with Crippen molar-refractivity contribution in [2.75, 3.05) is 11.9 Å². The Labute approximate surface area is 158 Å². The molecule has 1 heterocycles. The predicted molar refractivity (Wildman–Crippen MR) is 99.5 cm³/mol. The molecule has 0 saturated carbocycles. The van der Waals surface area contributed by atoms with Gasteiger partial charge in [-0.3, -0.25) is 9.59 Å². The molecule has 5 nitrogen and oxygen atoms in total. The first-order chi connectivity index (χ1) is 13.3. The largest absolute Gasteiger partial charge is 0.483 e. The van der Waals surface area contributed by atoms with E-state index in [9.17, 15) is 22.8 Å². The maximum Gasteiger partial charge on any atom is 0.416 e. The fraction of sp³-hybridized carbons (Fsp3) is 0.200. The van der Waals surface area contributed by atoms with Gasteiger partial charge >= 0.3 is 6.18 Å². The van der Waals surface area contributed by atoms with Gasteiger partial charge in [0, 0.05) is 23.7 Å². The second-order valence-corrected chi connectivity index (χ2v) is 6.02. The lowest BCUT2D eigenvalue weighted by Crippen LogP contribution is -2.23. The van der Waals surface area contributed by atoms with Crippen LogP contribution in [0.25, 0.3) is 10.9 Å². The molecule has 8 heteroatoms. The molecule has 1 N–H and O–H groups in total. The van der Waals surface area contributed by atoms with Crippen molar-refractivity contribution in [3.05, 3.63) is 70.5 Å². The summed E-state index contributed by atoms with van der Waals surface area (Å²) in [6.45, 7) is 1.88. The molecule has 3 rings (SSSR count). The summed E-state index contributed by atoms with van der Waals surface area (Å²) in [6, 6.07) is 12.7. The average Bonchev–Trinajstić information content (AvgIpc) is 2.66. The molecule has 2 aromatic carbocycles. The highest BCUT2D eigenvalue weighted by molar-refractivity contribution is 5.92. The lowest BCUT2D eigenvalue weighted by molar-refractivity contribution is -0.137. The monoisotopic (exact) mass is 390 g/mol. The molecule has 0 aliphatic carbocycles. The van der Waals surface area contributed by atoms with Gasteiger partial charge in [0.2, 0.25) is 0 Å². The molecule has 0 saturated heterocycles. The Bertz CT molecular complexity index is 1070. The molecule has 0 radical (unpaired) electrons. The minimum Gasteiger partial charge on any atom is -0.483 e. The Balaban J connectivity index is 1.76. The van der Waals surface area contributed by atoms with E-state index in [0.29, 0.717) is 17.4 Å². The van der Waals surface area contributed by atoms with Gasteiger partial charge in [-0.25, -0.2) is 0 Å². The highest BCUT2D eigenvalue weighted by Crippen LogP contribution is 2.30. The zero-order valence-electron chi connectivity index (χ0n) is 14.9. The van der Waals surface area contributed by atoms with Crippen molar-refractivity contribution < 1.29 is 22.7 Å². The van der Waals surface area contributed by atoms with Crippen LogP contribution in [0.15, 0.2) is 59.4 Å². The van der Waals surface area contributed by atoms with Gasteiger partial charge in [-0.05, 0) is 37.3 Å². The number of carbonyl (C=O) groups is 1. The van der Waals surface area contributed by atoms with Crippen molar-refractivity contribution in [3.63, 3.8) is 0 Å². The lowest BCUT2D eigenvalue weighted by atomic mass is 10.2. The molecule has 0 bridgehead atoms. The third-order valence-electron chi connectivity index (χ3n) is 4.13. The Kier molecular flexibility index (Phi) is 5.39. The van der Waals surface area contributed by atoms with E-state index in [4.69, 9.17) is 4.74 Å². The second kappa shape index (κ2) is 7.75. The number of benzene rings is 2. The number of rotatable bonds is 5. The molecule has 3 aromatic rings. The van der Waals surface area contributed by atoms with Crippen molar-refractivity contribution >= 4 is 22.5 Å². The number of carbonyl (C=O) groups excluding carboxylic acids is 1. The van der Waals surface area contributed by atoms with Crippen molar-refractivity contribution in [2.24, 2.45) is 0 Å². The summed E-state index contributed by atoms with van der Waals surface area (Å²) in [5, 5.41) is 3.03. The van der Waals surface area contributed by atoms with E-state index in [0.717, 1.165) is 12.1 Å². The van der Waals surface area contributed by atoms with Crippen LogP contribution in [0, 0.1) is 0 Å². The fourth-order valence-electron chi connectivity index (χ4n) is 2.86. The van der Waals surface area contributed by atoms with E-state index in [1.54, 1.807) is 28.8 Å². The number of amides is 1. The van der Waals surface area contributed by atoms with Crippen LogP contribution in [-0.4, -0.2) is 17.1 Å². The Hall–Kier alpha value is -3.29. The zero-order chi connectivity index (χ0) is 20.3. The third-order valence-corrected chi connectivity index (χ3v) is 4.13. The number of alkyl halides is 3. The number of aromatic nitrogens is 1. The number of pyridine rings is 1. The maximum atomic E-state index is 12.8. The molecule has 0 spiro atoms. The average molecular weight is 390 g/mol. The predicted octanol–water partition coefficient (Wildman–Crippen LogP) is 4.06. The number of hydrogen-bond acceptors (Lipinski definition) is 3. The van der Waals surface area contributed by atoms with Crippen LogP contribution in [-0.2, 0) is 17.5 Å². The molecular formula is C20H17F3N2O3. The number of aryl methyl sites for hydroxylation is 1. The van der Waals surface area contributed by atoms with E-state index >= 15 is 0 Å². The molecule has 0 fully saturated rings. The Morgan fingerprint density at radius 3 is 2.57 bits per heavy atom. The summed E-state index contributed by atoms with van der Waals surface area (Å²) in [5.74, 6) is -0.396. The summed E-state index contributed by atoms with van der Waals surface area (Å²) in [7, 11) is 0. The molecule has 0 aliphatic rings. The van der Waals surface area contributed by atoms with Gasteiger partial charge in [0.05, 0.1) is 11.1 Å². The van der Waals surface area contributed by atoms with E-state index in [1.807, 2.05) is 6.92 Å². The fourth-order valence-corrected chi connectivity index (χ4v) is 2.86. The minimum absolute atomic E-state index is 0.00897. The number of nitrogens with one attached hydrogen (secondary N) is 1. The van der Waals surface area contributed by atoms with Crippen molar-refractivity contribution in [3.8, 4) is 5.75 Å². The molecule has 0 aliphatic heterocycles.